The van der Waals surface area contributed by atoms with Crippen LogP contribution in [0.3, 0.4) is 0 Å². The molecule has 0 unspecified atom stereocenters. The van der Waals surface area contributed by atoms with Crippen LogP contribution in [0.2, 0.25) is 0 Å². The topological polar surface area (TPSA) is 78.5 Å². The summed E-state index contributed by atoms with van der Waals surface area (Å²) in [6.07, 6.45) is 3.98. The molecule has 1 aromatic carbocycles. The van der Waals surface area contributed by atoms with Crippen LogP contribution in [0, 0.1) is 5.82 Å². The molecule has 4 amide bonds. The summed E-state index contributed by atoms with van der Waals surface area (Å²) < 4.78 is 13.1. The summed E-state index contributed by atoms with van der Waals surface area (Å²) in [6, 6.07) is 8.75. The molecule has 2 fully saturated rings. The molecular formula is C19H18FN3O3S. The van der Waals surface area contributed by atoms with E-state index < -0.39 is 23.4 Å². The zero-order chi connectivity index (χ0) is 19.0. The molecule has 1 aliphatic carbocycles. The molecule has 0 atom stereocenters. The Bertz CT molecular complexity index is 903. The maximum absolute atomic E-state index is 13.1. The van der Waals surface area contributed by atoms with Gasteiger partial charge in [-0.1, -0.05) is 31.4 Å². The number of rotatable bonds is 3. The van der Waals surface area contributed by atoms with E-state index in [1.54, 1.807) is 24.3 Å². The van der Waals surface area contributed by atoms with Crippen molar-refractivity contribution in [2.75, 3.05) is 0 Å². The highest BCUT2D eigenvalue weighted by Gasteiger charge is 2.52. The number of hydrogen-bond acceptors (Lipinski definition) is 4. The van der Waals surface area contributed by atoms with Gasteiger partial charge < -0.3 is 5.32 Å². The molecule has 1 saturated carbocycles. The summed E-state index contributed by atoms with van der Waals surface area (Å²) in [6.45, 7) is 0. The van der Waals surface area contributed by atoms with Gasteiger partial charge in [0.2, 0.25) is 0 Å². The van der Waals surface area contributed by atoms with Crippen LogP contribution in [0.1, 0.15) is 41.8 Å². The summed E-state index contributed by atoms with van der Waals surface area (Å²) in [4.78, 5) is 38.6. The van der Waals surface area contributed by atoms with Crippen LogP contribution in [0.25, 0.3) is 10.4 Å². The van der Waals surface area contributed by atoms with Gasteiger partial charge in [-0.05, 0) is 42.7 Å². The lowest BCUT2D eigenvalue weighted by Gasteiger charge is -2.30. The van der Waals surface area contributed by atoms with Gasteiger partial charge in [-0.15, -0.1) is 11.3 Å². The number of urea groups is 1. The molecule has 4 rings (SSSR count). The Morgan fingerprint density at radius 1 is 1.07 bits per heavy atom. The van der Waals surface area contributed by atoms with Crippen molar-refractivity contribution >= 4 is 29.2 Å². The maximum atomic E-state index is 13.1. The van der Waals surface area contributed by atoms with Crippen molar-refractivity contribution in [3.05, 3.63) is 47.1 Å². The van der Waals surface area contributed by atoms with Crippen molar-refractivity contribution in [1.29, 1.82) is 0 Å². The van der Waals surface area contributed by atoms with E-state index in [1.165, 1.54) is 23.5 Å². The standard InChI is InChI=1S/C19H18FN3O3S/c20-13-6-4-12(5-7-13)14-8-9-15(27-14)16(24)22-23-17(25)19(21-18(23)26)10-2-1-3-11-19/h4-9H,1-3,10-11H2,(H,21,26)(H,22,24). The first-order valence-electron chi connectivity index (χ1n) is 8.82. The van der Waals surface area contributed by atoms with Gasteiger partial charge in [0, 0.05) is 4.88 Å². The Morgan fingerprint density at radius 2 is 1.78 bits per heavy atom. The molecule has 2 heterocycles. The Labute approximate surface area is 159 Å². The lowest BCUT2D eigenvalue weighted by molar-refractivity contribution is -0.134. The number of carbonyl (C=O) groups excluding carboxylic acids is 3. The van der Waals surface area contributed by atoms with Gasteiger partial charge in [0.15, 0.2) is 0 Å². The molecule has 0 radical (unpaired) electrons. The van der Waals surface area contributed by atoms with Gasteiger partial charge in [0.25, 0.3) is 11.8 Å². The third-order valence-electron chi connectivity index (χ3n) is 5.04. The minimum atomic E-state index is -0.878. The molecule has 1 saturated heterocycles. The van der Waals surface area contributed by atoms with Crippen LogP contribution < -0.4 is 10.7 Å². The maximum Gasteiger partial charge on any atom is 0.344 e. The number of nitrogens with zero attached hydrogens (tertiary/aromatic N) is 1. The highest BCUT2D eigenvalue weighted by molar-refractivity contribution is 7.17. The first-order chi connectivity index (χ1) is 13.0. The molecule has 8 heteroatoms. The Hall–Kier alpha value is -2.74. The molecule has 27 heavy (non-hydrogen) atoms. The van der Waals surface area contributed by atoms with Crippen molar-refractivity contribution in [3.63, 3.8) is 0 Å². The van der Waals surface area contributed by atoms with Crippen LogP contribution in [-0.2, 0) is 4.79 Å². The number of benzene rings is 1. The molecule has 2 aromatic rings. The van der Waals surface area contributed by atoms with E-state index in [0.29, 0.717) is 17.7 Å². The smallest absolute Gasteiger partial charge is 0.322 e. The fourth-order valence-corrected chi connectivity index (χ4v) is 4.50. The quantitative estimate of drug-likeness (QED) is 0.792. The summed E-state index contributed by atoms with van der Waals surface area (Å²) in [5.74, 6) is -1.25. The van der Waals surface area contributed by atoms with Crippen molar-refractivity contribution in [2.45, 2.75) is 37.6 Å². The first kappa shape index (κ1) is 17.7. The Kier molecular flexibility index (Phi) is 4.43. The predicted molar refractivity (Wildman–Crippen MR) is 98.4 cm³/mol. The molecule has 0 bridgehead atoms. The molecule has 140 valence electrons. The Morgan fingerprint density at radius 3 is 2.48 bits per heavy atom. The lowest BCUT2D eigenvalue weighted by atomic mass is 9.82. The number of carbonyl (C=O) groups is 3. The number of thiophene rings is 1. The normalized spacial score (nSPS) is 18.6. The average molecular weight is 387 g/mol. The number of imide groups is 1. The lowest BCUT2D eigenvalue weighted by Crippen LogP contribution is -2.50. The molecule has 2 N–H and O–H groups in total. The third kappa shape index (κ3) is 3.21. The number of halogens is 1. The van der Waals surface area contributed by atoms with E-state index in [9.17, 15) is 18.8 Å². The minimum absolute atomic E-state index is 0.330. The highest BCUT2D eigenvalue weighted by Crippen LogP contribution is 2.33. The molecule has 6 nitrogen and oxygen atoms in total. The van der Waals surface area contributed by atoms with Crippen LogP contribution in [0.4, 0.5) is 9.18 Å². The summed E-state index contributed by atoms with van der Waals surface area (Å²) >= 11 is 1.21. The minimum Gasteiger partial charge on any atom is -0.322 e. The van der Waals surface area contributed by atoms with Crippen molar-refractivity contribution < 1.29 is 18.8 Å². The van der Waals surface area contributed by atoms with Gasteiger partial charge in [0.1, 0.15) is 11.4 Å². The summed E-state index contributed by atoms with van der Waals surface area (Å²) in [5, 5.41) is 3.55. The average Bonchev–Trinajstić information content (AvgIpc) is 3.23. The second-order valence-corrected chi connectivity index (χ2v) is 7.91. The van der Waals surface area contributed by atoms with Crippen molar-refractivity contribution in [3.8, 4) is 10.4 Å². The van der Waals surface area contributed by atoms with Gasteiger partial charge >= 0.3 is 6.03 Å². The predicted octanol–water partition coefficient (Wildman–Crippen LogP) is 3.45. The monoisotopic (exact) mass is 387 g/mol. The third-order valence-corrected chi connectivity index (χ3v) is 6.17. The second-order valence-electron chi connectivity index (χ2n) is 6.83. The van der Waals surface area contributed by atoms with Crippen LogP contribution in [-0.4, -0.2) is 28.4 Å². The van der Waals surface area contributed by atoms with Gasteiger partial charge in [-0.3, -0.25) is 15.0 Å². The van der Waals surface area contributed by atoms with E-state index in [-0.39, 0.29) is 5.82 Å². The van der Waals surface area contributed by atoms with Gasteiger partial charge in [0.05, 0.1) is 4.88 Å². The number of amides is 4. The second kappa shape index (κ2) is 6.77. The van der Waals surface area contributed by atoms with E-state index >= 15 is 0 Å². The summed E-state index contributed by atoms with van der Waals surface area (Å²) in [5.41, 5.74) is 2.33. The fraction of sp³-hybridized carbons (Fsp3) is 0.316. The zero-order valence-corrected chi connectivity index (χ0v) is 15.3. The SMILES string of the molecule is O=C(NN1C(=O)NC2(CCCCC2)C1=O)c1ccc(-c2ccc(F)cc2)s1. The van der Waals surface area contributed by atoms with E-state index in [1.807, 2.05) is 0 Å². The van der Waals surface area contributed by atoms with E-state index in [4.69, 9.17) is 0 Å². The largest absolute Gasteiger partial charge is 0.344 e. The first-order valence-corrected chi connectivity index (χ1v) is 9.64. The molecule has 1 aromatic heterocycles. The molecule has 1 aliphatic heterocycles. The van der Waals surface area contributed by atoms with E-state index in [2.05, 4.69) is 10.7 Å². The number of hydrazine groups is 1. The van der Waals surface area contributed by atoms with Crippen molar-refractivity contribution in [2.24, 2.45) is 0 Å². The van der Waals surface area contributed by atoms with Crippen LogP contribution in [0.15, 0.2) is 36.4 Å². The van der Waals surface area contributed by atoms with Gasteiger partial charge in [-0.2, -0.15) is 5.01 Å². The number of hydrogen-bond donors (Lipinski definition) is 2. The zero-order valence-electron chi connectivity index (χ0n) is 14.5. The van der Waals surface area contributed by atoms with Crippen molar-refractivity contribution in [1.82, 2.24) is 15.8 Å². The molecule has 1 spiro atoms. The highest BCUT2D eigenvalue weighted by atomic mass is 32.1. The summed E-state index contributed by atoms with van der Waals surface area (Å²) in [7, 11) is 0. The Balaban J connectivity index is 1.49. The van der Waals surface area contributed by atoms with Crippen LogP contribution in [0.5, 0.6) is 0 Å². The fourth-order valence-electron chi connectivity index (χ4n) is 3.60. The van der Waals surface area contributed by atoms with E-state index in [0.717, 1.165) is 34.7 Å². The molecular weight excluding hydrogens is 369 g/mol. The number of nitrogens with one attached hydrogen (secondary N) is 2. The molecule has 2 aliphatic rings. The van der Waals surface area contributed by atoms with Gasteiger partial charge in [-0.25, -0.2) is 9.18 Å². The van der Waals surface area contributed by atoms with Crippen LogP contribution >= 0.6 is 11.3 Å².